The highest BCUT2D eigenvalue weighted by Crippen LogP contribution is 2.25. The molecule has 63 heavy (non-hydrogen) atoms. The molecule has 4 aromatic carbocycles. The van der Waals surface area contributed by atoms with Gasteiger partial charge >= 0.3 is 0 Å². The molecule has 3 heterocycles. The lowest BCUT2D eigenvalue weighted by molar-refractivity contribution is -0.214. The van der Waals surface area contributed by atoms with Gasteiger partial charge in [0, 0.05) is 20.1 Å². The number of terminal acetylenes is 1. The predicted octanol–water partition coefficient (Wildman–Crippen LogP) is 0.309. The van der Waals surface area contributed by atoms with Crippen LogP contribution >= 0.6 is 55.8 Å². The molecule has 3 saturated heterocycles. The zero-order chi connectivity index (χ0) is 44.5. The van der Waals surface area contributed by atoms with Gasteiger partial charge in [-0.25, -0.2) is 0 Å². The lowest BCUT2D eigenvalue weighted by atomic mass is 9.95. The first-order valence-electron chi connectivity index (χ1n) is 18.9. The Morgan fingerprint density at radius 2 is 0.762 bits per heavy atom. The molecule has 0 saturated carbocycles. The number of aliphatic hydroxyl groups excluding tert-OH is 12. The maximum atomic E-state index is 10.1. The molecule has 0 unspecified atom stereocenters. The first kappa shape index (κ1) is 54.5. The minimum absolute atomic E-state index is 0. The molecule has 4 aromatic rings. The second kappa shape index (κ2) is 25.2. The molecule has 15 nitrogen and oxygen atoms in total. The summed E-state index contributed by atoms with van der Waals surface area (Å²) in [4.78, 5) is 0. The van der Waals surface area contributed by atoms with Gasteiger partial charge in [0.1, 0.15) is 91.6 Å². The predicted molar refractivity (Wildman–Crippen MR) is 249 cm³/mol. The SMILES string of the molecule is Brc1ccc2ccc(Br)cc2c1.C.C#C[C@H]1O[C@H](CO)[C@@H](O)[C@H](O)[C@@H]1O.I.OC[C@H]1O[C@H](C#Cc2ccc3ccc(C#C[C@H]4O[C@H](CO)[C@@H](O)[C@H](O)[C@@H]4O)cc3c2)[C@@H](O)[C@@H](O)[C@@H]1O. The van der Waals surface area contributed by atoms with Gasteiger partial charge in [-0.3, -0.25) is 0 Å². The monoisotopic (exact) mass is 1120 g/mol. The largest absolute Gasteiger partial charge is 0.394 e. The Morgan fingerprint density at radius 3 is 1.11 bits per heavy atom. The summed E-state index contributed by atoms with van der Waals surface area (Å²) < 4.78 is 18.0. The van der Waals surface area contributed by atoms with E-state index in [9.17, 15) is 56.2 Å². The van der Waals surface area contributed by atoms with Gasteiger partial charge < -0.3 is 75.5 Å². The highest BCUT2D eigenvalue weighted by molar-refractivity contribution is 14.0. The third kappa shape index (κ3) is 13.6. The fraction of sp³-hybridized carbons (Fsp3) is 0.422. The van der Waals surface area contributed by atoms with E-state index in [1.165, 1.54) is 10.8 Å². The smallest absolute Gasteiger partial charge is 0.147 e. The van der Waals surface area contributed by atoms with E-state index in [1.807, 2.05) is 12.1 Å². The van der Waals surface area contributed by atoms with Crippen molar-refractivity contribution in [3.63, 3.8) is 0 Å². The Bertz CT molecular complexity index is 2140. The molecular formula is C45H51Br2IO15. The van der Waals surface area contributed by atoms with E-state index in [4.69, 9.17) is 25.7 Å². The van der Waals surface area contributed by atoms with Crippen LogP contribution < -0.4 is 0 Å². The molecule has 18 heteroatoms. The number of benzene rings is 4. The number of halogens is 3. The summed E-state index contributed by atoms with van der Waals surface area (Å²) in [5.41, 5.74) is 1.16. The van der Waals surface area contributed by atoms with Crippen LogP contribution in [0.1, 0.15) is 18.6 Å². The molecule has 12 N–H and O–H groups in total. The van der Waals surface area contributed by atoms with Crippen molar-refractivity contribution >= 4 is 77.4 Å². The van der Waals surface area contributed by atoms with Gasteiger partial charge in [0.15, 0.2) is 0 Å². The van der Waals surface area contributed by atoms with Crippen LogP contribution in [0.3, 0.4) is 0 Å². The van der Waals surface area contributed by atoms with Crippen molar-refractivity contribution in [2.75, 3.05) is 19.8 Å². The van der Waals surface area contributed by atoms with Crippen molar-refractivity contribution in [2.45, 2.75) is 99.0 Å². The number of aliphatic hydroxyl groups is 12. The Balaban J connectivity index is 0.000000318. The summed E-state index contributed by atoms with van der Waals surface area (Å²) in [7, 11) is 0. The Morgan fingerprint density at radius 1 is 0.444 bits per heavy atom. The van der Waals surface area contributed by atoms with Gasteiger partial charge in [-0.1, -0.05) is 93.2 Å². The minimum Gasteiger partial charge on any atom is -0.394 e. The van der Waals surface area contributed by atoms with Crippen LogP contribution in [0.5, 0.6) is 0 Å². The van der Waals surface area contributed by atoms with Gasteiger partial charge in [0.25, 0.3) is 0 Å². The molecule has 7 rings (SSSR count). The third-order valence-electron chi connectivity index (χ3n) is 10.2. The van der Waals surface area contributed by atoms with Crippen LogP contribution in [0, 0.1) is 36.0 Å². The fourth-order valence-electron chi connectivity index (χ4n) is 6.58. The molecule has 342 valence electrons. The third-order valence-corrected chi connectivity index (χ3v) is 11.1. The summed E-state index contributed by atoms with van der Waals surface area (Å²) in [5.74, 6) is 13.3. The van der Waals surface area contributed by atoms with Gasteiger partial charge in [0.2, 0.25) is 0 Å². The van der Waals surface area contributed by atoms with Crippen LogP contribution in [0.2, 0.25) is 0 Å². The Kier molecular flexibility index (Phi) is 21.8. The van der Waals surface area contributed by atoms with E-state index >= 15 is 0 Å². The highest BCUT2D eigenvalue weighted by Gasteiger charge is 2.44. The molecule has 3 fully saturated rings. The fourth-order valence-corrected chi connectivity index (χ4v) is 7.34. The molecule has 3 aliphatic rings. The molecule has 0 radical (unpaired) electrons. The molecule has 0 aromatic heterocycles. The van der Waals surface area contributed by atoms with Crippen LogP contribution in [0.15, 0.2) is 81.7 Å². The van der Waals surface area contributed by atoms with Gasteiger partial charge in [-0.15, -0.1) is 30.4 Å². The normalized spacial score (nSPS) is 32.2. The van der Waals surface area contributed by atoms with E-state index in [0.717, 1.165) is 19.7 Å². The quantitative estimate of drug-likeness (QED) is 0.0973. The van der Waals surface area contributed by atoms with Crippen LogP contribution in [0.4, 0.5) is 0 Å². The zero-order valence-corrected chi connectivity index (χ0v) is 38.0. The van der Waals surface area contributed by atoms with Crippen LogP contribution in [-0.4, -0.2) is 173 Å². The second-order valence-corrected chi connectivity index (χ2v) is 16.2. The van der Waals surface area contributed by atoms with Crippen molar-refractivity contribution in [2.24, 2.45) is 0 Å². The number of fused-ring (bicyclic) bond motifs is 2. The molecule has 0 aliphatic carbocycles. The van der Waals surface area contributed by atoms with Gasteiger partial charge in [-0.2, -0.15) is 0 Å². The van der Waals surface area contributed by atoms with Crippen LogP contribution in [0.25, 0.3) is 21.5 Å². The Hall–Kier alpha value is -2.83. The molecule has 3 aliphatic heterocycles. The minimum atomic E-state index is -1.50. The first-order valence-corrected chi connectivity index (χ1v) is 20.5. The van der Waals surface area contributed by atoms with E-state index in [0.29, 0.717) is 11.1 Å². The number of hydrogen-bond acceptors (Lipinski definition) is 15. The van der Waals surface area contributed by atoms with Gasteiger partial charge in [0.05, 0.1) is 19.8 Å². The average Bonchev–Trinajstić information content (AvgIpc) is 3.26. The standard InChI is InChI=1S/C26H28O10.C10H6Br2.C8H12O5.CH4.HI/c27-11-19-23(31)25(33)21(29)17(35-19)7-3-13-1-5-15-6-2-14(10-16(15)9-13)4-8-18-22(30)26(34)24(32)20(12-28)36-18;11-9-3-1-7-2-4-10(12)6-8(7)5-9;1-2-4-6(10)8(12)7(11)5(3-9)13-4;;/h1-2,5-6,9-10,17-34H,11-12H2;1-6H;1,4-12H,3H2;1H4;1H/t17-,18-,19-,20-,21-,22-,23-,24-,25-,26-;;4-,5-,6-,7-,8-;;/m1.1../s1. The molecule has 0 spiro atoms. The Labute approximate surface area is 398 Å². The molecule has 15 atom stereocenters. The van der Waals surface area contributed by atoms with Crippen molar-refractivity contribution < 1.29 is 75.5 Å². The number of ether oxygens (including phenoxy) is 3. The number of rotatable bonds is 3. The molecular weight excluding hydrogens is 1070 g/mol. The number of hydrogen-bond donors (Lipinski definition) is 12. The van der Waals surface area contributed by atoms with Crippen molar-refractivity contribution in [3.8, 4) is 36.0 Å². The molecule has 0 amide bonds. The summed E-state index contributed by atoms with van der Waals surface area (Å²) in [6.45, 7) is -1.53. The van der Waals surface area contributed by atoms with Crippen molar-refractivity contribution in [1.82, 2.24) is 0 Å². The summed E-state index contributed by atoms with van der Waals surface area (Å²) in [5, 5.41) is 119. The highest BCUT2D eigenvalue weighted by atomic mass is 127. The second-order valence-electron chi connectivity index (χ2n) is 14.4. The first-order chi connectivity index (χ1) is 29.1. The lowest BCUT2D eigenvalue weighted by Crippen LogP contribution is -2.58. The molecule has 0 bridgehead atoms. The maximum absolute atomic E-state index is 10.1. The summed E-state index contributed by atoms with van der Waals surface area (Å²) >= 11 is 6.88. The lowest BCUT2D eigenvalue weighted by Gasteiger charge is -2.37. The van der Waals surface area contributed by atoms with E-state index in [2.05, 4.69) is 97.9 Å². The van der Waals surface area contributed by atoms with Crippen molar-refractivity contribution in [3.05, 3.63) is 92.9 Å². The maximum Gasteiger partial charge on any atom is 0.147 e. The van der Waals surface area contributed by atoms with Crippen LogP contribution in [-0.2, 0) is 14.2 Å². The zero-order valence-electron chi connectivity index (χ0n) is 32.5. The summed E-state index contributed by atoms with van der Waals surface area (Å²) in [6, 6.07) is 23.3. The van der Waals surface area contributed by atoms with Crippen molar-refractivity contribution in [1.29, 1.82) is 0 Å². The van der Waals surface area contributed by atoms with E-state index in [1.54, 1.807) is 24.3 Å². The average molecular weight is 1120 g/mol. The summed E-state index contributed by atoms with van der Waals surface area (Å²) in [6.07, 6.45) is -14.0. The van der Waals surface area contributed by atoms with E-state index < -0.39 is 111 Å². The topological polar surface area (TPSA) is 270 Å². The van der Waals surface area contributed by atoms with Gasteiger partial charge in [-0.05, 0) is 70.1 Å². The van der Waals surface area contributed by atoms with E-state index in [-0.39, 0.29) is 31.4 Å².